The number of anilines is 1. The van der Waals surface area contributed by atoms with Gasteiger partial charge in [-0.1, -0.05) is 24.3 Å². The molecule has 0 aliphatic carbocycles. The molecule has 2 aromatic carbocycles. The largest absolute Gasteiger partial charge is 0.493 e. The first-order valence-electron chi connectivity index (χ1n) is 8.06. The summed E-state index contributed by atoms with van der Waals surface area (Å²) >= 11 is 0. The monoisotopic (exact) mass is 355 g/mol. The van der Waals surface area contributed by atoms with Gasteiger partial charge in [-0.05, 0) is 31.2 Å². The van der Waals surface area contributed by atoms with E-state index in [9.17, 15) is 9.59 Å². The molecule has 1 amide bonds. The molecule has 136 valence electrons. The summed E-state index contributed by atoms with van der Waals surface area (Å²) in [5.41, 5.74) is 1.38. The summed E-state index contributed by atoms with van der Waals surface area (Å²) in [6, 6.07) is 12.1. The van der Waals surface area contributed by atoms with Crippen molar-refractivity contribution < 1.29 is 23.8 Å². The third kappa shape index (κ3) is 4.63. The number of carbonyl (C=O) groups is 2. The van der Waals surface area contributed by atoms with Crippen LogP contribution in [0, 0.1) is 0 Å². The number of amides is 1. The summed E-state index contributed by atoms with van der Waals surface area (Å²) in [7, 11) is 3.08. The zero-order chi connectivity index (χ0) is 18.9. The fourth-order valence-electron chi connectivity index (χ4n) is 2.36. The molecule has 0 heterocycles. The molecular weight excluding hydrogens is 334 g/mol. The smallest absolute Gasteiger partial charge is 0.340 e. The van der Waals surface area contributed by atoms with Crippen molar-refractivity contribution in [2.24, 2.45) is 0 Å². The molecule has 0 spiro atoms. The van der Waals surface area contributed by atoms with Crippen LogP contribution in [0.5, 0.6) is 11.5 Å². The van der Waals surface area contributed by atoms with E-state index < -0.39 is 5.97 Å². The van der Waals surface area contributed by atoms with Crippen LogP contribution in [0.15, 0.2) is 48.5 Å². The Morgan fingerprint density at radius 3 is 2.50 bits per heavy atom. The highest BCUT2D eigenvalue weighted by molar-refractivity contribution is 6.06. The van der Waals surface area contributed by atoms with Gasteiger partial charge in [0.15, 0.2) is 11.5 Å². The van der Waals surface area contributed by atoms with Gasteiger partial charge in [0.1, 0.15) is 0 Å². The second-order valence-corrected chi connectivity index (χ2v) is 5.17. The number of para-hydroxylation sites is 2. The second kappa shape index (κ2) is 9.27. The summed E-state index contributed by atoms with van der Waals surface area (Å²) in [6.45, 7) is 1.99. The average Bonchev–Trinajstić information content (AvgIpc) is 2.66. The van der Waals surface area contributed by atoms with Gasteiger partial charge in [-0.2, -0.15) is 0 Å². The van der Waals surface area contributed by atoms with Crippen molar-refractivity contribution in [3.05, 3.63) is 59.7 Å². The van der Waals surface area contributed by atoms with E-state index in [1.807, 2.05) is 0 Å². The zero-order valence-corrected chi connectivity index (χ0v) is 14.9. The van der Waals surface area contributed by atoms with E-state index in [0.29, 0.717) is 28.3 Å². The number of methoxy groups -OCH3 is 2. The molecule has 0 aliphatic rings. The number of rotatable bonds is 7. The molecule has 0 saturated heterocycles. The first kappa shape index (κ1) is 19.1. The van der Waals surface area contributed by atoms with Crippen molar-refractivity contribution in [1.82, 2.24) is 0 Å². The van der Waals surface area contributed by atoms with Crippen molar-refractivity contribution in [3.8, 4) is 11.5 Å². The minimum absolute atomic E-state index is 0.261. The molecular formula is C20H21NO5. The van der Waals surface area contributed by atoms with E-state index in [1.165, 1.54) is 13.2 Å². The molecule has 0 aromatic heterocycles. The molecule has 0 fully saturated rings. The Balaban J connectivity index is 2.18. The van der Waals surface area contributed by atoms with E-state index in [0.717, 1.165) is 0 Å². The summed E-state index contributed by atoms with van der Waals surface area (Å²) in [5.74, 6) is 0.238. The molecule has 2 rings (SSSR count). The van der Waals surface area contributed by atoms with Crippen LogP contribution in [0.2, 0.25) is 0 Å². The summed E-state index contributed by atoms with van der Waals surface area (Å²) < 4.78 is 15.6. The second-order valence-electron chi connectivity index (χ2n) is 5.17. The van der Waals surface area contributed by atoms with E-state index in [-0.39, 0.29) is 12.5 Å². The number of carbonyl (C=O) groups excluding carboxylic acids is 2. The molecule has 26 heavy (non-hydrogen) atoms. The quantitative estimate of drug-likeness (QED) is 0.607. The van der Waals surface area contributed by atoms with E-state index in [1.54, 1.807) is 62.6 Å². The fourth-order valence-corrected chi connectivity index (χ4v) is 2.36. The van der Waals surface area contributed by atoms with Crippen molar-refractivity contribution in [2.45, 2.75) is 6.92 Å². The van der Waals surface area contributed by atoms with Crippen LogP contribution in [-0.4, -0.2) is 32.7 Å². The van der Waals surface area contributed by atoms with Crippen LogP contribution in [0.3, 0.4) is 0 Å². The topological polar surface area (TPSA) is 73.9 Å². The Bertz CT molecular complexity index is 814. The number of hydrogen-bond donors (Lipinski definition) is 1. The van der Waals surface area contributed by atoms with Crippen molar-refractivity contribution in [2.75, 3.05) is 26.1 Å². The van der Waals surface area contributed by atoms with Gasteiger partial charge in [-0.15, -0.1) is 0 Å². The number of hydrogen-bond acceptors (Lipinski definition) is 5. The molecule has 0 radical (unpaired) electrons. The first-order chi connectivity index (χ1) is 12.6. The Morgan fingerprint density at radius 1 is 1.04 bits per heavy atom. The van der Waals surface area contributed by atoms with Crippen LogP contribution in [0.25, 0.3) is 6.08 Å². The molecule has 1 N–H and O–H groups in total. The molecule has 0 saturated carbocycles. The maximum absolute atomic E-state index is 12.3. The first-order valence-corrected chi connectivity index (χ1v) is 8.06. The van der Waals surface area contributed by atoms with Crippen LogP contribution >= 0.6 is 0 Å². The molecule has 6 heteroatoms. The van der Waals surface area contributed by atoms with Crippen molar-refractivity contribution in [1.29, 1.82) is 0 Å². The van der Waals surface area contributed by atoms with Crippen molar-refractivity contribution in [3.63, 3.8) is 0 Å². The number of esters is 1. The predicted octanol–water partition coefficient (Wildman–Crippen LogP) is 3.53. The predicted molar refractivity (Wildman–Crippen MR) is 99.6 cm³/mol. The summed E-state index contributed by atoms with van der Waals surface area (Å²) in [6.07, 6.45) is 2.98. The Morgan fingerprint density at radius 2 is 1.81 bits per heavy atom. The normalized spacial score (nSPS) is 10.4. The Labute approximate surface area is 152 Å². The fraction of sp³-hybridized carbons (Fsp3) is 0.200. The van der Waals surface area contributed by atoms with Gasteiger partial charge >= 0.3 is 5.97 Å². The summed E-state index contributed by atoms with van der Waals surface area (Å²) in [4.78, 5) is 24.2. The number of nitrogens with one attached hydrogen (secondary N) is 1. The van der Waals surface area contributed by atoms with Gasteiger partial charge in [0.05, 0.1) is 32.1 Å². The third-order valence-electron chi connectivity index (χ3n) is 3.53. The molecule has 0 aliphatic heterocycles. The third-order valence-corrected chi connectivity index (χ3v) is 3.53. The minimum Gasteiger partial charge on any atom is -0.493 e. The highest BCUT2D eigenvalue weighted by Gasteiger charge is 2.13. The molecule has 0 bridgehead atoms. The van der Waals surface area contributed by atoms with Gasteiger partial charge in [-0.25, -0.2) is 4.79 Å². The van der Waals surface area contributed by atoms with Gasteiger partial charge in [0.25, 0.3) is 0 Å². The Hall–Kier alpha value is -3.28. The van der Waals surface area contributed by atoms with E-state index >= 15 is 0 Å². The maximum Gasteiger partial charge on any atom is 0.340 e. The minimum atomic E-state index is -0.484. The summed E-state index contributed by atoms with van der Waals surface area (Å²) in [5, 5.41) is 2.69. The average molecular weight is 355 g/mol. The lowest BCUT2D eigenvalue weighted by atomic mass is 10.1. The SMILES string of the molecule is CCOC(=O)c1ccccc1NC(=O)/C=C/c1cccc(OC)c1OC. The van der Waals surface area contributed by atoms with Gasteiger partial charge in [-0.3, -0.25) is 4.79 Å². The lowest BCUT2D eigenvalue weighted by molar-refractivity contribution is -0.111. The standard InChI is InChI=1S/C20H21NO5/c1-4-26-20(23)15-9-5-6-10-16(15)21-18(22)13-12-14-8-7-11-17(24-2)19(14)25-3/h5-13H,4H2,1-3H3,(H,21,22)/b13-12+. The zero-order valence-electron chi connectivity index (χ0n) is 14.9. The van der Waals surface area contributed by atoms with E-state index in [2.05, 4.69) is 5.32 Å². The lowest BCUT2D eigenvalue weighted by Crippen LogP contribution is -2.13. The van der Waals surface area contributed by atoms with Gasteiger partial charge in [0.2, 0.25) is 5.91 Å². The Kier molecular flexibility index (Phi) is 6.79. The molecule has 0 unspecified atom stereocenters. The van der Waals surface area contributed by atoms with Crippen LogP contribution in [0.4, 0.5) is 5.69 Å². The lowest BCUT2D eigenvalue weighted by Gasteiger charge is -2.10. The van der Waals surface area contributed by atoms with Crippen LogP contribution < -0.4 is 14.8 Å². The number of benzene rings is 2. The van der Waals surface area contributed by atoms with Crippen molar-refractivity contribution >= 4 is 23.6 Å². The van der Waals surface area contributed by atoms with Crippen LogP contribution in [0.1, 0.15) is 22.8 Å². The van der Waals surface area contributed by atoms with Crippen LogP contribution in [-0.2, 0) is 9.53 Å². The van der Waals surface area contributed by atoms with Gasteiger partial charge in [0, 0.05) is 11.6 Å². The highest BCUT2D eigenvalue weighted by Crippen LogP contribution is 2.31. The molecule has 0 atom stereocenters. The highest BCUT2D eigenvalue weighted by atomic mass is 16.5. The van der Waals surface area contributed by atoms with E-state index in [4.69, 9.17) is 14.2 Å². The number of ether oxygens (including phenoxy) is 3. The van der Waals surface area contributed by atoms with Gasteiger partial charge < -0.3 is 19.5 Å². The maximum atomic E-state index is 12.3. The molecule has 2 aromatic rings. The molecule has 6 nitrogen and oxygen atoms in total.